The molecule has 0 aromatic rings. The van der Waals surface area contributed by atoms with Gasteiger partial charge in [0.05, 0.1) is 13.2 Å². The Balaban J connectivity index is 2.57. The van der Waals surface area contributed by atoms with Gasteiger partial charge in [0.1, 0.15) is 0 Å². The van der Waals surface area contributed by atoms with E-state index >= 15 is 0 Å². The molecule has 70 valence electrons. The second kappa shape index (κ2) is 3.92. The predicted octanol–water partition coefficient (Wildman–Crippen LogP) is -1.07. The van der Waals surface area contributed by atoms with Gasteiger partial charge in [-0.2, -0.15) is 0 Å². The average molecular weight is 183 g/mol. The number of terminal acetylenes is 1. The summed E-state index contributed by atoms with van der Waals surface area (Å²) >= 11 is 0. The van der Waals surface area contributed by atoms with Crippen molar-refractivity contribution in [1.82, 2.24) is 4.90 Å². The zero-order valence-corrected chi connectivity index (χ0v) is 6.90. The van der Waals surface area contributed by atoms with Crippen LogP contribution in [0.15, 0.2) is 0 Å². The summed E-state index contributed by atoms with van der Waals surface area (Å²) in [6, 6.07) is 0. The van der Waals surface area contributed by atoms with Gasteiger partial charge in [0.2, 0.25) is 0 Å². The second-order valence-corrected chi connectivity index (χ2v) is 2.59. The van der Waals surface area contributed by atoms with E-state index in [0.29, 0.717) is 6.54 Å². The van der Waals surface area contributed by atoms with Crippen molar-refractivity contribution in [1.29, 1.82) is 0 Å². The lowest BCUT2D eigenvalue weighted by molar-refractivity contribution is -0.158. The Morgan fingerprint density at radius 1 is 1.62 bits per heavy atom. The Hall–Kier alpha value is -1.54. The van der Waals surface area contributed by atoms with Crippen LogP contribution in [0.4, 0.5) is 0 Å². The van der Waals surface area contributed by atoms with Gasteiger partial charge in [-0.15, -0.1) is 6.42 Å². The molecule has 0 radical (unpaired) electrons. The first kappa shape index (κ1) is 9.55. The van der Waals surface area contributed by atoms with Gasteiger partial charge in [-0.1, -0.05) is 0 Å². The number of carbonyl (C=O) groups excluding carboxylic acids is 1. The van der Waals surface area contributed by atoms with Crippen molar-refractivity contribution in [2.75, 3.05) is 19.7 Å². The Morgan fingerprint density at radius 3 is 2.85 bits per heavy atom. The quantitative estimate of drug-likeness (QED) is 0.526. The molecule has 1 aliphatic rings. The monoisotopic (exact) mass is 183 g/mol. The van der Waals surface area contributed by atoms with E-state index in [4.69, 9.17) is 16.3 Å². The average Bonchev–Trinajstić information content (AvgIpc) is 2.17. The van der Waals surface area contributed by atoms with Crippen LogP contribution in [-0.2, 0) is 14.3 Å². The SMILES string of the molecule is C#CC(=O)N1CCOC(C(=O)O)C1. The molecule has 5 nitrogen and oxygen atoms in total. The summed E-state index contributed by atoms with van der Waals surface area (Å²) in [7, 11) is 0. The number of amides is 1. The summed E-state index contributed by atoms with van der Waals surface area (Å²) in [4.78, 5) is 22.8. The molecule has 1 unspecified atom stereocenters. The number of carboxylic acid groups (broad SMARTS) is 1. The third-order valence-corrected chi connectivity index (χ3v) is 1.75. The third kappa shape index (κ3) is 2.20. The molecule has 0 saturated carbocycles. The maximum Gasteiger partial charge on any atom is 0.334 e. The summed E-state index contributed by atoms with van der Waals surface area (Å²) in [6.45, 7) is 0.593. The Labute approximate surface area is 75.3 Å². The van der Waals surface area contributed by atoms with Crippen molar-refractivity contribution in [3.63, 3.8) is 0 Å². The van der Waals surface area contributed by atoms with E-state index in [0.717, 1.165) is 0 Å². The van der Waals surface area contributed by atoms with Crippen molar-refractivity contribution < 1.29 is 19.4 Å². The number of morpholine rings is 1. The van der Waals surface area contributed by atoms with E-state index < -0.39 is 18.0 Å². The summed E-state index contributed by atoms with van der Waals surface area (Å²) in [5, 5.41) is 8.60. The molecule has 5 heteroatoms. The number of ether oxygens (including phenoxy) is 1. The number of rotatable bonds is 1. The van der Waals surface area contributed by atoms with E-state index in [1.807, 2.05) is 5.92 Å². The molecule has 13 heavy (non-hydrogen) atoms. The Bertz CT molecular complexity index is 268. The summed E-state index contributed by atoms with van der Waals surface area (Å²) < 4.78 is 4.90. The topological polar surface area (TPSA) is 66.8 Å². The molecular formula is C8H9NO4. The maximum absolute atomic E-state index is 11.0. The van der Waals surface area contributed by atoms with Gasteiger partial charge in [0, 0.05) is 6.54 Å². The van der Waals surface area contributed by atoms with Gasteiger partial charge in [0.15, 0.2) is 6.10 Å². The summed E-state index contributed by atoms with van der Waals surface area (Å²) in [6.07, 6.45) is 3.94. The van der Waals surface area contributed by atoms with Crippen LogP contribution in [0.3, 0.4) is 0 Å². The van der Waals surface area contributed by atoms with Gasteiger partial charge in [0.25, 0.3) is 5.91 Å². The Morgan fingerprint density at radius 2 is 2.31 bits per heavy atom. The van der Waals surface area contributed by atoms with Gasteiger partial charge in [-0.3, -0.25) is 4.79 Å². The number of aliphatic carboxylic acids is 1. The molecule has 1 atom stereocenters. The van der Waals surface area contributed by atoms with Crippen LogP contribution in [0.5, 0.6) is 0 Å². The zero-order valence-electron chi connectivity index (χ0n) is 6.90. The third-order valence-electron chi connectivity index (χ3n) is 1.75. The zero-order chi connectivity index (χ0) is 9.84. The van der Waals surface area contributed by atoms with Gasteiger partial charge < -0.3 is 14.7 Å². The van der Waals surface area contributed by atoms with E-state index in [9.17, 15) is 9.59 Å². The van der Waals surface area contributed by atoms with E-state index in [2.05, 4.69) is 0 Å². The molecule has 1 rings (SSSR count). The molecule has 0 spiro atoms. The number of nitrogens with zero attached hydrogens (tertiary/aromatic N) is 1. The predicted molar refractivity (Wildman–Crippen MR) is 42.8 cm³/mol. The Kier molecular flexibility index (Phi) is 2.88. The highest BCUT2D eigenvalue weighted by atomic mass is 16.5. The van der Waals surface area contributed by atoms with Crippen LogP contribution in [0.1, 0.15) is 0 Å². The lowest BCUT2D eigenvalue weighted by atomic mass is 10.2. The van der Waals surface area contributed by atoms with E-state index in [-0.39, 0.29) is 13.2 Å². The first-order valence-corrected chi connectivity index (χ1v) is 3.75. The second-order valence-electron chi connectivity index (χ2n) is 2.59. The molecule has 1 fully saturated rings. The molecular weight excluding hydrogens is 174 g/mol. The largest absolute Gasteiger partial charge is 0.479 e. The smallest absolute Gasteiger partial charge is 0.334 e. The minimum atomic E-state index is -1.07. The van der Waals surface area contributed by atoms with Crippen LogP contribution >= 0.6 is 0 Å². The number of hydrogen-bond donors (Lipinski definition) is 1. The van der Waals surface area contributed by atoms with Gasteiger partial charge in [-0.25, -0.2) is 4.79 Å². The van der Waals surface area contributed by atoms with Crippen molar-refractivity contribution in [2.24, 2.45) is 0 Å². The van der Waals surface area contributed by atoms with Crippen LogP contribution in [-0.4, -0.2) is 47.7 Å². The van der Waals surface area contributed by atoms with Crippen LogP contribution in [0.25, 0.3) is 0 Å². The summed E-state index contributed by atoms with van der Waals surface area (Å²) in [5.41, 5.74) is 0. The maximum atomic E-state index is 11.0. The number of carbonyl (C=O) groups is 2. The van der Waals surface area contributed by atoms with Crippen LogP contribution in [0, 0.1) is 12.3 Å². The van der Waals surface area contributed by atoms with Gasteiger partial charge in [-0.05, 0) is 5.92 Å². The highest BCUT2D eigenvalue weighted by molar-refractivity contribution is 5.93. The van der Waals surface area contributed by atoms with Gasteiger partial charge >= 0.3 is 5.97 Å². The fourth-order valence-electron chi connectivity index (χ4n) is 1.07. The normalized spacial score (nSPS) is 22.1. The first-order chi connectivity index (χ1) is 6.15. The van der Waals surface area contributed by atoms with Crippen molar-refractivity contribution in [2.45, 2.75) is 6.10 Å². The molecule has 1 aliphatic heterocycles. The van der Waals surface area contributed by atoms with Crippen molar-refractivity contribution in [3.8, 4) is 12.3 Å². The molecule has 0 aliphatic carbocycles. The fourth-order valence-corrected chi connectivity index (χ4v) is 1.07. The molecule has 0 aromatic carbocycles. The minimum Gasteiger partial charge on any atom is -0.479 e. The van der Waals surface area contributed by atoms with Crippen molar-refractivity contribution in [3.05, 3.63) is 0 Å². The number of carboxylic acids is 1. The molecule has 1 amide bonds. The highest BCUT2D eigenvalue weighted by Crippen LogP contribution is 2.04. The van der Waals surface area contributed by atoms with Crippen molar-refractivity contribution >= 4 is 11.9 Å². The molecule has 1 saturated heterocycles. The minimum absolute atomic E-state index is 0.0262. The molecule has 1 N–H and O–H groups in total. The lowest BCUT2D eigenvalue weighted by Gasteiger charge is -2.29. The standard InChI is InChI=1S/C8H9NO4/c1-2-7(10)9-3-4-13-6(5-9)8(11)12/h1,6H,3-5H2,(H,11,12). The number of hydrogen-bond acceptors (Lipinski definition) is 3. The van der Waals surface area contributed by atoms with Crippen LogP contribution in [0.2, 0.25) is 0 Å². The van der Waals surface area contributed by atoms with Crippen LogP contribution < -0.4 is 0 Å². The lowest BCUT2D eigenvalue weighted by Crippen LogP contribution is -2.48. The summed E-state index contributed by atoms with van der Waals surface area (Å²) in [5.74, 6) is 0.367. The molecule has 1 heterocycles. The first-order valence-electron chi connectivity index (χ1n) is 3.75. The molecule has 0 bridgehead atoms. The van der Waals surface area contributed by atoms with E-state index in [1.165, 1.54) is 4.90 Å². The highest BCUT2D eigenvalue weighted by Gasteiger charge is 2.27. The molecule has 0 aromatic heterocycles. The van der Waals surface area contributed by atoms with E-state index in [1.54, 1.807) is 0 Å². The fraction of sp³-hybridized carbons (Fsp3) is 0.500.